The highest BCUT2D eigenvalue weighted by Gasteiger charge is 2.08. The number of rotatable bonds is 2. The van der Waals surface area contributed by atoms with Crippen LogP contribution in [0.4, 0.5) is 0 Å². The van der Waals surface area contributed by atoms with Gasteiger partial charge in [0, 0.05) is 24.4 Å². The van der Waals surface area contributed by atoms with Crippen molar-refractivity contribution in [2.24, 2.45) is 7.05 Å². The lowest BCUT2D eigenvalue weighted by Crippen LogP contribution is -2.09. The summed E-state index contributed by atoms with van der Waals surface area (Å²) in [6.07, 6.45) is 1.90. The van der Waals surface area contributed by atoms with E-state index in [2.05, 4.69) is 15.1 Å². The number of aromatic amines is 1. The number of hydrogen-bond donors (Lipinski definition) is 1. The molecule has 0 saturated heterocycles. The zero-order valence-electron chi connectivity index (χ0n) is 12.5. The summed E-state index contributed by atoms with van der Waals surface area (Å²) in [7, 11) is 1.88. The van der Waals surface area contributed by atoms with Crippen LogP contribution in [0.3, 0.4) is 0 Å². The second kappa shape index (κ2) is 5.21. The van der Waals surface area contributed by atoms with Crippen molar-refractivity contribution in [3.8, 4) is 22.6 Å². The van der Waals surface area contributed by atoms with Crippen molar-refractivity contribution in [2.75, 3.05) is 0 Å². The van der Waals surface area contributed by atoms with Gasteiger partial charge in [-0.25, -0.2) is 4.98 Å². The third-order valence-electron chi connectivity index (χ3n) is 3.76. The molecule has 0 atom stereocenters. The van der Waals surface area contributed by atoms with Crippen LogP contribution in [0.1, 0.15) is 0 Å². The summed E-state index contributed by atoms with van der Waals surface area (Å²) in [6, 6.07) is 17.1. The van der Waals surface area contributed by atoms with Crippen LogP contribution in [0.5, 0.6) is 0 Å². The van der Waals surface area contributed by atoms with Gasteiger partial charge in [0.2, 0.25) is 0 Å². The second-order valence-electron chi connectivity index (χ2n) is 5.39. The van der Waals surface area contributed by atoms with Gasteiger partial charge in [0.25, 0.3) is 5.56 Å². The van der Waals surface area contributed by atoms with Crippen molar-refractivity contribution in [1.29, 1.82) is 0 Å². The summed E-state index contributed by atoms with van der Waals surface area (Å²) >= 11 is 0. The highest BCUT2D eigenvalue weighted by atomic mass is 16.1. The lowest BCUT2D eigenvalue weighted by Gasteiger charge is -2.05. The first kappa shape index (κ1) is 13.5. The Hall–Kier alpha value is -3.21. The first-order valence-corrected chi connectivity index (χ1v) is 7.30. The van der Waals surface area contributed by atoms with E-state index in [-0.39, 0.29) is 5.56 Å². The highest BCUT2D eigenvalue weighted by molar-refractivity contribution is 5.79. The molecule has 23 heavy (non-hydrogen) atoms. The molecule has 0 aliphatic rings. The number of benzene rings is 2. The fraction of sp³-hybridized carbons (Fsp3) is 0.0556. The van der Waals surface area contributed by atoms with Crippen LogP contribution < -0.4 is 5.56 Å². The van der Waals surface area contributed by atoms with E-state index in [0.29, 0.717) is 16.7 Å². The normalized spacial score (nSPS) is 11.0. The quantitative estimate of drug-likeness (QED) is 0.619. The Bertz CT molecular complexity index is 1060. The molecule has 0 unspecified atom stereocenters. The number of aryl methyl sites for hydroxylation is 1. The maximum atomic E-state index is 12.2. The second-order valence-corrected chi connectivity index (χ2v) is 5.39. The molecule has 5 heteroatoms. The van der Waals surface area contributed by atoms with E-state index in [0.717, 1.165) is 16.8 Å². The van der Waals surface area contributed by atoms with Gasteiger partial charge in [-0.3, -0.25) is 9.48 Å². The average molecular weight is 302 g/mol. The maximum absolute atomic E-state index is 12.2. The van der Waals surface area contributed by atoms with Crippen molar-refractivity contribution in [3.63, 3.8) is 0 Å². The Balaban J connectivity index is 1.86. The molecule has 112 valence electrons. The van der Waals surface area contributed by atoms with E-state index >= 15 is 0 Å². The van der Waals surface area contributed by atoms with Crippen molar-refractivity contribution < 1.29 is 0 Å². The van der Waals surface area contributed by atoms with E-state index in [1.54, 1.807) is 10.7 Å². The van der Waals surface area contributed by atoms with E-state index in [1.807, 2.05) is 61.8 Å². The number of nitrogens with one attached hydrogen (secondary N) is 1. The number of nitrogens with zero attached hydrogens (tertiary/aromatic N) is 3. The number of aromatic nitrogens is 4. The third kappa shape index (κ3) is 2.42. The number of para-hydroxylation sites is 1. The molecule has 0 bridgehead atoms. The minimum atomic E-state index is -0.131. The molecule has 4 aromatic rings. The van der Waals surface area contributed by atoms with Crippen LogP contribution in [0.25, 0.3) is 33.5 Å². The van der Waals surface area contributed by atoms with Crippen LogP contribution in [0.15, 0.2) is 65.6 Å². The van der Waals surface area contributed by atoms with E-state index < -0.39 is 0 Å². The van der Waals surface area contributed by atoms with E-state index in [1.165, 1.54) is 0 Å². The molecule has 0 aliphatic carbocycles. The Morgan fingerprint density at radius 1 is 1.00 bits per heavy atom. The summed E-state index contributed by atoms with van der Waals surface area (Å²) < 4.78 is 1.76. The molecule has 0 saturated carbocycles. The molecule has 0 spiro atoms. The first-order chi connectivity index (χ1) is 11.2. The van der Waals surface area contributed by atoms with Gasteiger partial charge in [-0.05, 0) is 24.3 Å². The van der Waals surface area contributed by atoms with Crippen molar-refractivity contribution in [1.82, 2.24) is 19.7 Å². The molecule has 1 N–H and O–H groups in total. The summed E-state index contributed by atoms with van der Waals surface area (Å²) in [5, 5.41) is 5.00. The van der Waals surface area contributed by atoms with Gasteiger partial charge in [0.1, 0.15) is 5.82 Å². The summed E-state index contributed by atoms with van der Waals surface area (Å²) in [5.41, 5.74) is 3.29. The van der Waals surface area contributed by atoms with Crippen molar-refractivity contribution in [2.45, 2.75) is 0 Å². The minimum Gasteiger partial charge on any atom is -0.306 e. The lowest BCUT2D eigenvalue weighted by atomic mass is 10.1. The molecular formula is C18H14N4O. The number of hydrogen-bond acceptors (Lipinski definition) is 3. The van der Waals surface area contributed by atoms with Crippen LogP contribution >= 0.6 is 0 Å². The third-order valence-corrected chi connectivity index (χ3v) is 3.76. The molecule has 5 nitrogen and oxygen atoms in total. The maximum Gasteiger partial charge on any atom is 0.259 e. The van der Waals surface area contributed by atoms with Crippen LogP contribution in [0, 0.1) is 0 Å². The fourth-order valence-electron chi connectivity index (χ4n) is 2.62. The Kier molecular flexibility index (Phi) is 3.05. The predicted molar refractivity (Wildman–Crippen MR) is 90.0 cm³/mol. The fourth-order valence-corrected chi connectivity index (χ4v) is 2.62. The van der Waals surface area contributed by atoms with Crippen LogP contribution in [-0.4, -0.2) is 19.7 Å². The highest BCUT2D eigenvalue weighted by Crippen LogP contribution is 2.23. The van der Waals surface area contributed by atoms with Gasteiger partial charge < -0.3 is 4.98 Å². The topological polar surface area (TPSA) is 63.6 Å². The standard InChI is InChI=1S/C18H14N4O/c1-22-10-9-15(21-22)12-5-4-6-13(11-12)17-19-16-8-3-2-7-14(16)18(23)20-17/h2-11H,1H3,(H,19,20,23). The predicted octanol–water partition coefficient (Wildman–Crippen LogP) is 2.99. The minimum absolute atomic E-state index is 0.131. The zero-order chi connectivity index (χ0) is 15.8. The Morgan fingerprint density at radius 2 is 1.83 bits per heavy atom. The smallest absolute Gasteiger partial charge is 0.259 e. The lowest BCUT2D eigenvalue weighted by molar-refractivity contribution is 0.771. The summed E-state index contributed by atoms with van der Waals surface area (Å²) in [4.78, 5) is 19.6. The van der Waals surface area contributed by atoms with Gasteiger partial charge in [0.15, 0.2) is 0 Å². The number of H-pyrrole nitrogens is 1. The van der Waals surface area contributed by atoms with Gasteiger partial charge in [-0.15, -0.1) is 0 Å². The first-order valence-electron chi connectivity index (χ1n) is 7.30. The molecule has 0 fully saturated rings. The zero-order valence-corrected chi connectivity index (χ0v) is 12.5. The molecule has 0 aliphatic heterocycles. The molecule has 2 aromatic heterocycles. The van der Waals surface area contributed by atoms with Crippen LogP contribution in [0.2, 0.25) is 0 Å². The van der Waals surface area contributed by atoms with Gasteiger partial charge in [-0.1, -0.05) is 30.3 Å². The SMILES string of the molecule is Cn1ccc(-c2cccc(-c3nc4ccccc4c(=O)[nH]3)c2)n1. The molecule has 0 radical (unpaired) electrons. The molecular weight excluding hydrogens is 288 g/mol. The van der Waals surface area contributed by atoms with Crippen molar-refractivity contribution in [3.05, 3.63) is 71.1 Å². The van der Waals surface area contributed by atoms with Crippen molar-refractivity contribution >= 4 is 10.9 Å². The van der Waals surface area contributed by atoms with E-state index in [4.69, 9.17) is 0 Å². The van der Waals surface area contributed by atoms with Gasteiger partial charge >= 0.3 is 0 Å². The van der Waals surface area contributed by atoms with Gasteiger partial charge in [0.05, 0.1) is 16.6 Å². The summed E-state index contributed by atoms with van der Waals surface area (Å²) in [5.74, 6) is 0.562. The van der Waals surface area contributed by atoms with Gasteiger partial charge in [-0.2, -0.15) is 5.10 Å². The average Bonchev–Trinajstić information content (AvgIpc) is 3.01. The molecule has 2 heterocycles. The molecule has 0 amide bonds. The Labute approximate surface area is 132 Å². The largest absolute Gasteiger partial charge is 0.306 e. The molecule has 2 aromatic carbocycles. The number of fused-ring (bicyclic) bond motifs is 1. The van der Waals surface area contributed by atoms with Crippen LogP contribution in [-0.2, 0) is 7.05 Å². The molecule has 4 rings (SSSR count). The monoisotopic (exact) mass is 302 g/mol. The Morgan fingerprint density at radius 3 is 2.65 bits per heavy atom. The summed E-state index contributed by atoms with van der Waals surface area (Å²) in [6.45, 7) is 0. The van der Waals surface area contributed by atoms with E-state index in [9.17, 15) is 4.79 Å².